The topological polar surface area (TPSA) is 99.2 Å². The van der Waals surface area contributed by atoms with Gasteiger partial charge < -0.3 is 9.88 Å². The van der Waals surface area contributed by atoms with E-state index in [2.05, 4.69) is 25.0 Å². The van der Waals surface area contributed by atoms with E-state index in [0.717, 1.165) is 36.3 Å². The van der Waals surface area contributed by atoms with E-state index >= 15 is 0 Å². The van der Waals surface area contributed by atoms with Gasteiger partial charge in [0, 0.05) is 31.7 Å². The van der Waals surface area contributed by atoms with Gasteiger partial charge in [-0.25, -0.2) is 14.3 Å². The van der Waals surface area contributed by atoms with Crippen LogP contribution in [-0.4, -0.2) is 37.7 Å². The standard InChI is InChI=1S/C16H16N6O2/c23-15-11(6-18-16(24)19-15)12-5-13(14-17-3-4-22(14)20-12)21-7-9-1-2-10(9)8-21/h3-6,9-10H,1-2,7-8H2,(H2,18,19,23,24)/t9-,10+. The summed E-state index contributed by atoms with van der Waals surface area (Å²) in [6.45, 7) is 2.05. The molecular formula is C16H16N6O2. The molecule has 3 aromatic rings. The van der Waals surface area contributed by atoms with Gasteiger partial charge in [0.25, 0.3) is 5.56 Å². The molecular weight excluding hydrogens is 308 g/mol. The highest BCUT2D eigenvalue weighted by atomic mass is 16.2. The molecule has 0 spiro atoms. The number of imidazole rings is 1. The molecule has 0 bridgehead atoms. The zero-order valence-electron chi connectivity index (χ0n) is 12.9. The summed E-state index contributed by atoms with van der Waals surface area (Å²) in [5, 5.41) is 4.47. The van der Waals surface area contributed by atoms with Crippen LogP contribution in [0.5, 0.6) is 0 Å². The lowest BCUT2D eigenvalue weighted by molar-refractivity contribution is 0.243. The van der Waals surface area contributed by atoms with E-state index in [4.69, 9.17) is 0 Å². The summed E-state index contributed by atoms with van der Waals surface area (Å²) >= 11 is 0. The van der Waals surface area contributed by atoms with E-state index in [1.54, 1.807) is 16.9 Å². The van der Waals surface area contributed by atoms with Crippen molar-refractivity contribution in [3.63, 3.8) is 0 Å². The van der Waals surface area contributed by atoms with Crippen LogP contribution in [0.3, 0.4) is 0 Å². The van der Waals surface area contributed by atoms with Gasteiger partial charge in [-0.05, 0) is 30.7 Å². The minimum Gasteiger partial charge on any atom is -0.368 e. The minimum atomic E-state index is -0.524. The zero-order valence-corrected chi connectivity index (χ0v) is 12.9. The molecule has 2 aliphatic rings. The Kier molecular flexibility index (Phi) is 2.70. The monoisotopic (exact) mass is 324 g/mol. The molecule has 1 saturated carbocycles. The Hall–Kier alpha value is -2.90. The molecule has 2 N–H and O–H groups in total. The molecule has 2 fully saturated rings. The largest absolute Gasteiger partial charge is 0.368 e. The number of hydrogen-bond acceptors (Lipinski definition) is 5. The van der Waals surface area contributed by atoms with E-state index in [0.29, 0.717) is 11.3 Å². The fourth-order valence-corrected chi connectivity index (χ4v) is 3.82. The summed E-state index contributed by atoms with van der Waals surface area (Å²) in [7, 11) is 0. The maximum absolute atomic E-state index is 12.1. The van der Waals surface area contributed by atoms with Crippen molar-refractivity contribution < 1.29 is 0 Å². The summed E-state index contributed by atoms with van der Waals surface area (Å²) in [4.78, 5) is 34.9. The Morgan fingerprint density at radius 1 is 1.17 bits per heavy atom. The van der Waals surface area contributed by atoms with Crippen LogP contribution < -0.4 is 16.1 Å². The highest BCUT2D eigenvalue weighted by Crippen LogP contribution is 2.42. The first-order valence-corrected chi connectivity index (χ1v) is 8.11. The first-order chi connectivity index (χ1) is 11.7. The summed E-state index contributed by atoms with van der Waals surface area (Å²) in [6.07, 6.45) is 7.47. The Morgan fingerprint density at radius 3 is 2.67 bits per heavy atom. The van der Waals surface area contributed by atoms with Gasteiger partial charge in [-0.2, -0.15) is 5.10 Å². The van der Waals surface area contributed by atoms with Crippen LogP contribution in [0, 0.1) is 11.8 Å². The molecule has 0 unspecified atom stereocenters. The maximum atomic E-state index is 12.1. The third kappa shape index (κ3) is 1.92. The summed E-state index contributed by atoms with van der Waals surface area (Å²) < 4.78 is 1.69. The molecule has 1 aliphatic carbocycles. The molecule has 8 nitrogen and oxygen atoms in total. The van der Waals surface area contributed by atoms with Gasteiger partial charge in [-0.1, -0.05) is 0 Å². The number of nitrogens with zero attached hydrogens (tertiary/aromatic N) is 4. The molecule has 24 heavy (non-hydrogen) atoms. The minimum absolute atomic E-state index is 0.341. The van der Waals surface area contributed by atoms with Crippen LogP contribution in [-0.2, 0) is 0 Å². The van der Waals surface area contributed by atoms with Gasteiger partial charge in [0.1, 0.15) is 5.69 Å². The maximum Gasteiger partial charge on any atom is 0.325 e. The molecule has 5 rings (SSSR count). The molecule has 0 radical (unpaired) electrons. The molecule has 8 heteroatoms. The molecule has 122 valence electrons. The van der Waals surface area contributed by atoms with Gasteiger partial charge in [-0.3, -0.25) is 9.78 Å². The second-order valence-electron chi connectivity index (χ2n) is 6.60. The number of nitrogens with one attached hydrogen (secondary N) is 2. The molecule has 2 atom stereocenters. The van der Waals surface area contributed by atoms with E-state index in [1.807, 2.05) is 6.07 Å². The number of aromatic amines is 2. The third-order valence-corrected chi connectivity index (χ3v) is 5.26. The smallest absolute Gasteiger partial charge is 0.325 e. The van der Waals surface area contributed by atoms with Gasteiger partial charge >= 0.3 is 5.69 Å². The lowest BCUT2D eigenvalue weighted by atomic mass is 9.77. The highest BCUT2D eigenvalue weighted by Gasteiger charge is 2.40. The number of fused-ring (bicyclic) bond motifs is 2. The molecule has 3 aromatic heterocycles. The SMILES string of the molecule is O=c1[nH]cc(-c2cc(N3C[C@H]4CC[C@H]4C3)c3nccn3n2)c(=O)[nH]1. The van der Waals surface area contributed by atoms with Crippen molar-refractivity contribution in [2.24, 2.45) is 11.8 Å². The van der Waals surface area contributed by atoms with E-state index in [1.165, 1.54) is 19.0 Å². The Labute approximate surface area is 136 Å². The zero-order chi connectivity index (χ0) is 16.3. The summed E-state index contributed by atoms with van der Waals surface area (Å²) in [6, 6.07) is 1.90. The van der Waals surface area contributed by atoms with Crippen molar-refractivity contribution in [2.45, 2.75) is 12.8 Å². The average molecular weight is 324 g/mol. The molecule has 0 amide bonds. The van der Waals surface area contributed by atoms with Crippen molar-refractivity contribution in [3.05, 3.63) is 45.5 Å². The van der Waals surface area contributed by atoms with Crippen molar-refractivity contribution in [1.82, 2.24) is 24.6 Å². The quantitative estimate of drug-likeness (QED) is 0.720. The van der Waals surface area contributed by atoms with Crippen molar-refractivity contribution in [3.8, 4) is 11.3 Å². The third-order valence-electron chi connectivity index (χ3n) is 5.26. The Bertz CT molecular complexity index is 1040. The summed E-state index contributed by atoms with van der Waals surface area (Å²) in [5.41, 5.74) is 1.67. The van der Waals surface area contributed by atoms with Crippen molar-refractivity contribution in [2.75, 3.05) is 18.0 Å². The van der Waals surface area contributed by atoms with E-state index in [9.17, 15) is 9.59 Å². The molecule has 1 saturated heterocycles. The van der Waals surface area contributed by atoms with Gasteiger partial charge in [0.05, 0.1) is 11.3 Å². The molecule has 1 aliphatic heterocycles. The van der Waals surface area contributed by atoms with E-state index in [-0.39, 0.29) is 0 Å². The molecule has 0 aromatic carbocycles. The summed E-state index contributed by atoms with van der Waals surface area (Å²) in [5.74, 6) is 1.54. The first-order valence-electron chi connectivity index (χ1n) is 8.11. The van der Waals surface area contributed by atoms with E-state index < -0.39 is 11.2 Å². The fourth-order valence-electron chi connectivity index (χ4n) is 3.82. The highest BCUT2D eigenvalue weighted by molar-refractivity contribution is 5.74. The van der Waals surface area contributed by atoms with Crippen molar-refractivity contribution in [1.29, 1.82) is 0 Å². The van der Waals surface area contributed by atoms with Crippen LogP contribution in [0.4, 0.5) is 5.69 Å². The predicted molar refractivity (Wildman–Crippen MR) is 88.1 cm³/mol. The second-order valence-corrected chi connectivity index (χ2v) is 6.60. The van der Waals surface area contributed by atoms with Crippen LogP contribution in [0.15, 0.2) is 34.2 Å². The van der Waals surface area contributed by atoms with Gasteiger partial charge in [-0.15, -0.1) is 0 Å². The number of rotatable bonds is 2. The molecule has 4 heterocycles. The predicted octanol–water partition coefficient (Wildman–Crippen LogP) is 0.619. The number of anilines is 1. The average Bonchev–Trinajstić information content (AvgIpc) is 3.11. The van der Waals surface area contributed by atoms with Gasteiger partial charge in [0.2, 0.25) is 0 Å². The lowest BCUT2D eigenvalue weighted by Gasteiger charge is -2.27. The lowest BCUT2D eigenvalue weighted by Crippen LogP contribution is -2.24. The van der Waals surface area contributed by atoms with Crippen LogP contribution in [0.25, 0.3) is 16.9 Å². The fraction of sp³-hybridized carbons (Fsp3) is 0.375. The number of aromatic nitrogens is 5. The normalized spacial score (nSPS) is 22.6. The second kappa shape index (κ2) is 4.80. The Balaban J connectivity index is 1.68. The van der Waals surface area contributed by atoms with Crippen molar-refractivity contribution >= 4 is 11.3 Å². The number of hydrogen-bond donors (Lipinski definition) is 2. The van der Waals surface area contributed by atoms with Crippen LogP contribution >= 0.6 is 0 Å². The van der Waals surface area contributed by atoms with Gasteiger partial charge in [0.15, 0.2) is 5.65 Å². The van der Waals surface area contributed by atoms with Crippen LogP contribution in [0.2, 0.25) is 0 Å². The Morgan fingerprint density at radius 2 is 1.96 bits per heavy atom. The number of H-pyrrole nitrogens is 2. The first kappa shape index (κ1) is 13.5. The van der Waals surface area contributed by atoms with Crippen LogP contribution in [0.1, 0.15) is 12.8 Å².